The Balaban J connectivity index is 2.21. The van der Waals surface area contributed by atoms with Crippen molar-refractivity contribution in [1.29, 1.82) is 0 Å². The quantitative estimate of drug-likeness (QED) is 0.191. The molecule has 0 spiro atoms. The van der Waals surface area contributed by atoms with Crippen molar-refractivity contribution in [3.8, 4) is 22.4 Å². The van der Waals surface area contributed by atoms with E-state index in [-0.39, 0.29) is 29.1 Å². The first-order valence-electron chi connectivity index (χ1n) is 13.2. The molecule has 1 nitrogen and oxygen atoms in total. The molecule has 264 valence electrons. The average molecular weight is 729 g/mol. The van der Waals surface area contributed by atoms with E-state index in [1.807, 2.05) is 0 Å². The Kier molecular flexibility index (Phi) is 7.67. The van der Waals surface area contributed by atoms with Crippen molar-refractivity contribution in [1.82, 2.24) is 4.98 Å². The molecule has 0 N–H and O–H groups in total. The summed E-state index contributed by atoms with van der Waals surface area (Å²) in [5.74, 6) is 0. The van der Waals surface area contributed by atoms with Crippen LogP contribution in [0.3, 0.4) is 0 Å². The molecule has 0 fully saturated rings. The smallest absolute Gasteiger partial charge is 0.248 e. The van der Waals surface area contributed by atoms with Gasteiger partial charge in [0.05, 0.1) is 16.6 Å². The maximum absolute atomic E-state index is 15.0. The third-order valence-electron chi connectivity index (χ3n) is 8.62. The highest BCUT2D eigenvalue weighted by Crippen LogP contribution is 2.83. The Hall–Kier alpha value is -4.19. The molecule has 1 aliphatic rings. The summed E-state index contributed by atoms with van der Waals surface area (Å²) in [5.41, 5.74) is -34.7. The molecule has 49 heavy (non-hydrogen) atoms. The molecule has 0 saturated heterocycles. The summed E-state index contributed by atoms with van der Waals surface area (Å²) >= 11 is 0. The zero-order chi connectivity index (χ0) is 37.0. The molecule has 1 aliphatic carbocycles. The molecule has 1 heterocycles. The van der Waals surface area contributed by atoms with Gasteiger partial charge in [-0.1, -0.05) is 60.7 Å². The van der Waals surface area contributed by atoms with Gasteiger partial charge in [-0.25, -0.2) is 4.98 Å². The van der Waals surface area contributed by atoms with E-state index in [2.05, 4.69) is 4.98 Å². The van der Waals surface area contributed by atoms with Crippen molar-refractivity contribution < 1.29 is 79.0 Å². The van der Waals surface area contributed by atoms with Crippen LogP contribution >= 0.6 is 0 Å². The summed E-state index contributed by atoms with van der Waals surface area (Å²) in [5, 5.41) is 0.282. The zero-order valence-corrected chi connectivity index (χ0v) is 23.3. The number of pyridine rings is 1. The molecule has 0 unspecified atom stereocenters. The van der Waals surface area contributed by atoms with Crippen LogP contribution in [0, 0.1) is 10.8 Å². The Morgan fingerprint density at radius 2 is 0.837 bits per heavy atom. The number of fused-ring (bicyclic) bond motifs is 4. The molecule has 19 heteroatoms. The van der Waals surface area contributed by atoms with E-state index in [9.17, 15) is 79.0 Å². The lowest BCUT2D eigenvalue weighted by atomic mass is 9.44. The number of hydrogen-bond donors (Lipinski definition) is 0. The number of rotatable bonds is 3. The summed E-state index contributed by atoms with van der Waals surface area (Å²) in [7, 11) is 0. The van der Waals surface area contributed by atoms with E-state index >= 15 is 0 Å². The van der Waals surface area contributed by atoms with E-state index < -0.39 is 98.9 Å². The zero-order valence-electron chi connectivity index (χ0n) is 23.3. The molecule has 3 aromatic carbocycles. The largest absolute Gasteiger partial charge is 0.413 e. The molecule has 5 rings (SSSR count). The highest BCUT2D eigenvalue weighted by atomic mass is 19.4. The van der Waals surface area contributed by atoms with Crippen LogP contribution in [0.15, 0.2) is 78.9 Å². The Labute approximate surface area is 261 Å². The van der Waals surface area contributed by atoms with Crippen LogP contribution in [0.25, 0.3) is 33.3 Å². The van der Waals surface area contributed by atoms with E-state index in [1.165, 1.54) is 24.3 Å². The van der Waals surface area contributed by atoms with E-state index in [0.29, 0.717) is 12.1 Å². The van der Waals surface area contributed by atoms with Crippen LogP contribution in [-0.4, -0.2) is 42.0 Å². The summed E-state index contributed by atoms with van der Waals surface area (Å²) in [6.45, 7) is 0. The molecule has 0 atom stereocenters. The number of benzene rings is 3. The number of halogens is 18. The fraction of sp³-hybridized carbons (Fsp3) is 0.300. The SMILES string of the molecule is FC(F)(F)C(C(F)(F)F)(C(F)(F)F)C1(C(C(F)(F)F)(C(F)(F)F)C(F)(F)F)c2ccccc2-c2ccc(-c3ccc4ccccc4n3)cc21. The van der Waals surface area contributed by atoms with E-state index in [4.69, 9.17) is 0 Å². The van der Waals surface area contributed by atoms with Gasteiger partial charge in [0.2, 0.25) is 0 Å². The molecule has 0 saturated carbocycles. The number of para-hydroxylation sites is 1. The van der Waals surface area contributed by atoms with Crippen molar-refractivity contribution in [2.45, 2.75) is 42.5 Å². The summed E-state index contributed by atoms with van der Waals surface area (Å²) in [6, 6.07) is 8.43. The lowest BCUT2D eigenvalue weighted by Crippen LogP contribution is -2.81. The van der Waals surface area contributed by atoms with Gasteiger partial charge in [0.25, 0.3) is 10.8 Å². The van der Waals surface area contributed by atoms with Crippen molar-refractivity contribution in [2.75, 3.05) is 0 Å². The van der Waals surface area contributed by atoms with E-state index in [1.54, 1.807) is 0 Å². The van der Waals surface area contributed by atoms with Crippen LogP contribution in [0.4, 0.5) is 79.0 Å². The Morgan fingerprint density at radius 1 is 0.408 bits per heavy atom. The van der Waals surface area contributed by atoms with Crippen molar-refractivity contribution >= 4 is 10.9 Å². The topological polar surface area (TPSA) is 12.9 Å². The second kappa shape index (κ2) is 10.4. The second-order valence-electron chi connectivity index (χ2n) is 10.9. The van der Waals surface area contributed by atoms with Crippen molar-refractivity contribution in [3.63, 3.8) is 0 Å². The van der Waals surface area contributed by atoms with Gasteiger partial charge in [-0.05, 0) is 40.5 Å². The van der Waals surface area contributed by atoms with Crippen molar-refractivity contribution in [3.05, 3.63) is 90.0 Å². The average Bonchev–Trinajstić information content (AvgIpc) is 3.18. The molecule has 0 aliphatic heterocycles. The minimum absolute atomic E-state index is 0.0412. The monoisotopic (exact) mass is 729 g/mol. The van der Waals surface area contributed by atoms with Gasteiger partial charge in [-0.15, -0.1) is 0 Å². The Morgan fingerprint density at radius 3 is 1.33 bits per heavy atom. The number of alkyl halides is 18. The van der Waals surface area contributed by atoms with Gasteiger partial charge in [0.15, 0.2) is 0 Å². The van der Waals surface area contributed by atoms with Crippen LogP contribution in [0.5, 0.6) is 0 Å². The van der Waals surface area contributed by atoms with Crippen LogP contribution in [0.1, 0.15) is 11.1 Å². The normalized spacial score (nSPS) is 16.1. The second-order valence-corrected chi connectivity index (χ2v) is 10.9. The summed E-state index contributed by atoms with van der Waals surface area (Å²) in [4.78, 5) is 3.95. The molecule has 0 amide bonds. The predicted molar refractivity (Wildman–Crippen MR) is 135 cm³/mol. The van der Waals surface area contributed by atoms with Crippen molar-refractivity contribution in [2.24, 2.45) is 10.8 Å². The Bertz CT molecular complexity index is 1780. The minimum atomic E-state index is -8.43. The van der Waals surface area contributed by atoms with Gasteiger partial charge in [0, 0.05) is 10.9 Å². The van der Waals surface area contributed by atoms with Crippen LogP contribution in [0.2, 0.25) is 0 Å². The molecule has 1 aromatic heterocycles. The maximum atomic E-state index is 15.0. The van der Waals surface area contributed by atoms with E-state index in [0.717, 1.165) is 12.1 Å². The standard InChI is InChI=1S/C30H13F18N/c31-25(32,33)23(26(34,35)36,27(37,38)39)22(24(28(40,41)42,29(43,44)45)30(46,47)48)18-7-3-2-6-16(18)17-11-9-15(13-19(17)22)21-12-10-14-5-1-4-8-20(14)49-21/h1-13H. The number of hydrogen-bond acceptors (Lipinski definition) is 1. The molecule has 0 bridgehead atoms. The minimum Gasteiger partial charge on any atom is -0.248 e. The lowest BCUT2D eigenvalue weighted by molar-refractivity contribution is -0.507. The summed E-state index contributed by atoms with van der Waals surface area (Å²) in [6.07, 6.45) is -50.2. The van der Waals surface area contributed by atoms with Gasteiger partial charge >= 0.3 is 37.1 Å². The first kappa shape index (κ1) is 36.1. The molecular weight excluding hydrogens is 716 g/mol. The van der Waals surface area contributed by atoms with Gasteiger partial charge < -0.3 is 0 Å². The first-order valence-corrected chi connectivity index (χ1v) is 13.2. The molecule has 0 radical (unpaired) electrons. The predicted octanol–water partition coefficient (Wildman–Crippen LogP) is 11.5. The number of aromatic nitrogens is 1. The highest BCUT2D eigenvalue weighted by molar-refractivity contribution is 5.87. The summed E-state index contributed by atoms with van der Waals surface area (Å²) < 4.78 is 270. The third-order valence-corrected chi connectivity index (χ3v) is 8.62. The first-order chi connectivity index (χ1) is 22.1. The van der Waals surface area contributed by atoms with Gasteiger partial charge in [-0.2, -0.15) is 79.0 Å². The third kappa shape index (κ3) is 4.41. The number of nitrogens with zero attached hydrogens (tertiary/aromatic N) is 1. The highest BCUT2D eigenvalue weighted by Gasteiger charge is 3.04. The lowest BCUT2D eigenvalue weighted by Gasteiger charge is -2.59. The maximum Gasteiger partial charge on any atom is 0.413 e. The van der Waals surface area contributed by atoms with Crippen LogP contribution in [-0.2, 0) is 5.41 Å². The molecule has 4 aromatic rings. The molecular formula is C30H13F18N. The van der Waals surface area contributed by atoms with Gasteiger partial charge in [-0.3, -0.25) is 0 Å². The van der Waals surface area contributed by atoms with Crippen LogP contribution < -0.4 is 0 Å². The fourth-order valence-corrected chi connectivity index (χ4v) is 6.99. The fourth-order valence-electron chi connectivity index (χ4n) is 6.99. The van der Waals surface area contributed by atoms with Gasteiger partial charge in [0.1, 0.15) is 0 Å².